The lowest BCUT2D eigenvalue weighted by molar-refractivity contribution is -0.242. The van der Waals surface area contributed by atoms with E-state index in [1.54, 1.807) is 36.4 Å². The van der Waals surface area contributed by atoms with Gasteiger partial charge in [-0.25, -0.2) is 13.6 Å². The SMILES string of the molecule is COC(=O)[C@H](Cc1ccc(-c2ccc(C#N)cc2Cl)c2ncccc12)NC(=O)c1c(F)cc(NC(C(F)(F)F)C(F)(F)F)cc1F. The number of aromatic nitrogens is 1. The quantitative estimate of drug-likeness (QED) is 0.153. The first-order valence-electron chi connectivity index (χ1n) is 12.9. The molecular formula is C30H19ClF8N4O3. The summed E-state index contributed by atoms with van der Waals surface area (Å²) in [6.07, 6.45) is -10.5. The third-order valence-corrected chi connectivity index (χ3v) is 7.01. The molecule has 1 aromatic heterocycles. The zero-order chi connectivity index (χ0) is 34.0. The molecular weight excluding hydrogens is 652 g/mol. The highest BCUT2D eigenvalue weighted by atomic mass is 35.5. The van der Waals surface area contributed by atoms with Gasteiger partial charge in [-0.1, -0.05) is 35.9 Å². The number of carbonyl (C=O) groups excluding carboxylic acids is 2. The van der Waals surface area contributed by atoms with Crippen molar-refractivity contribution in [1.29, 1.82) is 5.26 Å². The van der Waals surface area contributed by atoms with Gasteiger partial charge in [-0.2, -0.15) is 31.6 Å². The fourth-order valence-electron chi connectivity index (χ4n) is 4.61. The van der Waals surface area contributed by atoms with E-state index >= 15 is 0 Å². The Balaban J connectivity index is 1.65. The van der Waals surface area contributed by atoms with Crippen molar-refractivity contribution in [3.8, 4) is 17.2 Å². The smallest absolute Gasteiger partial charge is 0.417 e. The minimum atomic E-state index is -5.86. The van der Waals surface area contributed by atoms with Gasteiger partial charge in [-0.05, 0) is 35.9 Å². The molecule has 0 saturated carbocycles. The molecule has 0 fully saturated rings. The van der Waals surface area contributed by atoms with Crippen LogP contribution in [-0.2, 0) is 16.0 Å². The predicted molar refractivity (Wildman–Crippen MR) is 150 cm³/mol. The molecule has 4 rings (SSSR count). The van der Waals surface area contributed by atoms with Crippen molar-refractivity contribution in [3.63, 3.8) is 0 Å². The summed E-state index contributed by atoms with van der Waals surface area (Å²) >= 11 is 6.39. The van der Waals surface area contributed by atoms with E-state index in [1.807, 2.05) is 6.07 Å². The molecule has 0 radical (unpaired) electrons. The molecule has 0 bridgehead atoms. The van der Waals surface area contributed by atoms with E-state index < -0.39 is 59.2 Å². The molecule has 0 aliphatic carbocycles. The molecule has 2 N–H and O–H groups in total. The molecule has 4 aromatic rings. The van der Waals surface area contributed by atoms with Crippen LogP contribution in [0.15, 0.2) is 60.8 Å². The zero-order valence-electron chi connectivity index (χ0n) is 23.2. The first kappa shape index (κ1) is 33.9. The maximum absolute atomic E-state index is 14.8. The third kappa shape index (κ3) is 7.28. The lowest BCUT2D eigenvalue weighted by atomic mass is 9.94. The van der Waals surface area contributed by atoms with E-state index in [0.29, 0.717) is 33.2 Å². The van der Waals surface area contributed by atoms with Crippen molar-refractivity contribution >= 4 is 40.1 Å². The minimum absolute atomic E-state index is 0.0851. The largest absolute Gasteiger partial charge is 0.467 e. The number of ether oxygens (including phenoxy) is 1. The van der Waals surface area contributed by atoms with E-state index in [9.17, 15) is 44.7 Å². The second-order valence-corrected chi connectivity index (χ2v) is 10.1. The predicted octanol–water partition coefficient (Wildman–Crippen LogP) is 7.12. The van der Waals surface area contributed by atoms with Gasteiger partial charge in [-0.15, -0.1) is 0 Å². The summed E-state index contributed by atoms with van der Waals surface area (Å²) in [5.41, 5.74) is -0.358. The molecule has 0 spiro atoms. The van der Waals surface area contributed by atoms with Crippen LogP contribution in [0.5, 0.6) is 0 Å². The number of pyridine rings is 1. The Hall–Kier alpha value is -4.97. The highest BCUT2D eigenvalue weighted by Gasteiger charge is 2.57. The Kier molecular flexibility index (Phi) is 9.71. The number of halogens is 9. The Morgan fingerprint density at radius 3 is 2.17 bits per heavy atom. The van der Waals surface area contributed by atoms with Crippen LogP contribution >= 0.6 is 11.6 Å². The van der Waals surface area contributed by atoms with Gasteiger partial charge in [0.1, 0.15) is 23.2 Å². The topological polar surface area (TPSA) is 104 Å². The van der Waals surface area contributed by atoms with Crippen LogP contribution < -0.4 is 10.6 Å². The number of benzene rings is 3. The number of nitrogens with zero attached hydrogens (tertiary/aromatic N) is 2. The van der Waals surface area contributed by atoms with Crippen molar-refractivity contribution < 1.29 is 49.4 Å². The molecule has 7 nitrogen and oxygen atoms in total. The monoisotopic (exact) mass is 670 g/mol. The van der Waals surface area contributed by atoms with Crippen LogP contribution in [0.3, 0.4) is 0 Å². The van der Waals surface area contributed by atoms with Gasteiger partial charge in [0.05, 0.1) is 24.3 Å². The highest BCUT2D eigenvalue weighted by molar-refractivity contribution is 6.33. The van der Waals surface area contributed by atoms with Gasteiger partial charge < -0.3 is 15.4 Å². The first-order chi connectivity index (χ1) is 21.5. The Bertz CT molecular complexity index is 1820. The molecule has 3 aromatic carbocycles. The average Bonchev–Trinajstić information content (AvgIpc) is 2.98. The number of methoxy groups -OCH3 is 1. The van der Waals surface area contributed by atoms with E-state index in [0.717, 1.165) is 12.4 Å². The van der Waals surface area contributed by atoms with Crippen molar-refractivity contribution in [2.24, 2.45) is 0 Å². The number of anilines is 1. The van der Waals surface area contributed by atoms with Gasteiger partial charge in [0.15, 0.2) is 0 Å². The average molecular weight is 671 g/mol. The van der Waals surface area contributed by atoms with Crippen LogP contribution in [0.25, 0.3) is 22.0 Å². The lowest BCUT2D eigenvalue weighted by Gasteiger charge is -2.25. The van der Waals surface area contributed by atoms with Crippen LogP contribution in [0.1, 0.15) is 21.5 Å². The second-order valence-electron chi connectivity index (χ2n) is 9.71. The Morgan fingerprint density at radius 1 is 0.978 bits per heavy atom. The molecule has 46 heavy (non-hydrogen) atoms. The number of fused-ring (bicyclic) bond motifs is 1. The van der Waals surface area contributed by atoms with Crippen LogP contribution in [0.2, 0.25) is 5.02 Å². The van der Waals surface area contributed by atoms with Gasteiger partial charge in [0, 0.05) is 39.8 Å². The fourth-order valence-corrected chi connectivity index (χ4v) is 4.89. The lowest BCUT2D eigenvalue weighted by Crippen LogP contribution is -2.48. The maximum atomic E-state index is 14.8. The summed E-state index contributed by atoms with van der Waals surface area (Å²) < 4.78 is 112. The number of amides is 1. The number of esters is 1. The van der Waals surface area contributed by atoms with E-state index in [2.05, 4.69) is 10.3 Å². The van der Waals surface area contributed by atoms with Crippen LogP contribution in [0, 0.1) is 23.0 Å². The van der Waals surface area contributed by atoms with Gasteiger partial charge in [0.25, 0.3) is 5.91 Å². The van der Waals surface area contributed by atoms with E-state index in [-0.39, 0.29) is 23.6 Å². The zero-order valence-corrected chi connectivity index (χ0v) is 23.9. The molecule has 0 aliphatic heterocycles. The summed E-state index contributed by atoms with van der Waals surface area (Å²) in [6.45, 7) is 0. The molecule has 0 saturated heterocycles. The highest BCUT2D eigenvalue weighted by Crippen LogP contribution is 2.37. The van der Waals surface area contributed by atoms with Gasteiger partial charge in [0.2, 0.25) is 6.04 Å². The van der Waals surface area contributed by atoms with E-state index in [1.165, 1.54) is 12.3 Å². The number of nitriles is 1. The molecule has 16 heteroatoms. The molecule has 1 amide bonds. The summed E-state index contributed by atoms with van der Waals surface area (Å²) in [7, 11) is 0.983. The molecule has 240 valence electrons. The van der Waals surface area contributed by atoms with Crippen LogP contribution in [0.4, 0.5) is 40.8 Å². The fraction of sp³-hybridized carbons (Fsp3) is 0.200. The van der Waals surface area contributed by atoms with E-state index in [4.69, 9.17) is 21.6 Å². The molecule has 1 atom stereocenters. The molecule has 0 unspecified atom stereocenters. The normalized spacial score (nSPS) is 12.5. The first-order valence-corrected chi connectivity index (χ1v) is 13.3. The summed E-state index contributed by atoms with van der Waals surface area (Å²) in [4.78, 5) is 30.0. The third-order valence-electron chi connectivity index (χ3n) is 6.70. The number of hydrogen-bond donors (Lipinski definition) is 2. The number of rotatable bonds is 8. The van der Waals surface area contributed by atoms with Crippen molar-refractivity contribution in [3.05, 3.63) is 94.1 Å². The number of carbonyl (C=O) groups is 2. The summed E-state index contributed by atoms with van der Waals surface area (Å²) in [5.74, 6) is -6.18. The van der Waals surface area contributed by atoms with Crippen LogP contribution in [-0.4, -0.2) is 48.4 Å². The van der Waals surface area contributed by atoms with Crippen molar-refractivity contribution in [2.75, 3.05) is 12.4 Å². The minimum Gasteiger partial charge on any atom is -0.467 e. The van der Waals surface area contributed by atoms with Crippen molar-refractivity contribution in [2.45, 2.75) is 30.9 Å². The summed E-state index contributed by atoms with van der Waals surface area (Å²) in [6, 6.07) is 7.51. The number of hydrogen-bond acceptors (Lipinski definition) is 6. The number of alkyl halides is 6. The molecule has 1 heterocycles. The Labute approximate surface area is 259 Å². The second kappa shape index (κ2) is 13.2. The summed E-state index contributed by atoms with van der Waals surface area (Å²) in [5, 5.41) is 13.0. The van der Waals surface area contributed by atoms with Crippen molar-refractivity contribution in [1.82, 2.24) is 10.3 Å². The maximum Gasteiger partial charge on any atom is 0.417 e. The molecule has 0 aliphatic rings. The Morgan fingerprint density at radius 2 is 1.61 bits per heavy atom. The van der Waals surface area contributed by atoms with Gasteiger partial charge in [-0.3, -0.25) is 9.78 Å². The number of nitrogens with one attached hydrogen (secondary N) is 2. The van der Waals surface area contributed by atoms with Gasteiger partial charge >= 0.3 is 18.3 Å². The standard InChI is InChI=1S/C30H19ClF8N4O3/c1-46-27(45)23(43-26(44)24-21(32)11-16(12-22(24)33)42-28(29(34,35)36)30(37,38)39)10-15-5-7-19(25-17(15)3-2-8-41-25)18-6-4-14(13-40)9-20(18)31/h2-9,11-12,23,28,42H,10H2,1H3,(H,43,44)/t23-/m0/s1.